The number of nitrogens with zero attached hydrogens (tertiary/aromatic N) is 2. The van der Waals surface area contributed by atoms with Crippen LogP contribution in [0.25, 0.3) is 11.0 Å². The molecule has 4 nitrogen and oxygen atoms in total. The van der Waals surface area contributed by atoms with Crippen molar-refractivity contribution in [1.29, 1.82) is 0 Å². The predicted molar refractivity (Wildman–Crippen MR) is 72.9 cm³/mol. The van der Waals surface area contributed by atoms with E-state index in [-0.39, 0.29) is 6.04 Å². The minimum atomic E-state index is 0.136. The smallest absolute Gasteiger partial charge is 0.139 e. The van der Waals surface area contributed by atoms with Gasteiger partial charge in [0.25, 0.3) is 0 Å². The van der Waals surface area contributed by atoms with Crippen LogP contribution in [0.5, 0.6) is 0 Å². The molecule has 0 radical (unpaired) electrons. The molecule has 0 saturated carbocycles. The Hall–Kier alpha value is -1.88. The molecule has 5 heteroatoms. The zero-order valence-electron chi connectivity index (χ0n) is 10.2. The average Bonchev–Trinajstić information content (AvgIpc) is 2.97. The van der Waals surface area contributed by atoms with E-state index >= 15 is 0 Å². The van der Waals surface area contributed by atoms with Gasteiger partial charge in [0.15, 0.2) is 0 Å². The summed E-state index contributed by atoms with van der Waals surface area (Å²) in [5, 5.41) is 5.44. The number of furan rings is 1. The molecule has 3 aromatic rings. The number of rotatable bonds is 3. The summed E-state index contributed by atoms with van der Waals surface area (Å²) in [4.78, 5) is 9.96. The van der Waals surface area contributed by atoms with Gasteiger partial charge >= 0.3 is 0 Å². The van der Waals surface area contributed by atoms with Gasteiger partial charge in [0, 0.05) is 17.3 Å². The topological polar surface area (TPSA) is 51.0 Å². The molecule has 1 atom stereocenters. The Bertz CT molecular complexity index is 673. The predicted octanol–water partition coefficient (Wildman–Crippen LogP) is 3.77. The first kappa shape index (κ1) is 11.2. The molecule has 0 saturated heterocycles. The SMILES string of the molecule is Cc1cnc(C(C)Nc2nccc3occc23)s1. The van der Waals surface area contributed by atoms with Gasteiger partial charge in [-0.3, -0.25) is 0 Å². The Morgan fingerprint density at radius 2 is 2.22 bits per heavy atom. The molecule has 0 aliphatic rings. The van der Waals surface area contributed by atoms with Gasteiger partial charge in [-0.05, 0) is 26.0 Å². The first-order chi connectivity index (χ1) is 8.74. The third kappa shape index (κ3) is 1.97. The third-order valence-corrected chi connectivity index (χ3v) is 3.84. The highest BCUT2D eigenvalue weighted by Gasteiger charge is 2.12. The molecule has 0 aromatic carbocycles. The maximum Gasteiger partial charge on any atom is 0.139 e. The molecule has 1 N–H and O–H groups in total. The Morgan fingerprint density at radius 1 is 1.33 bits per heavy atom. The van der Waals surface area contributed by atoms with Gasteiger partial charge in [-0.15, -0.1) is 11.3 Å². The van der Waals surface area contributed by atoms with E-state index in [4.69, 9.17) is 4.42 Å². The van der Waals surface area contributed by atoms with E-state index in [1.165, 1.54) is 4.88 Å². The Kier molecular flexibility index (Phi) is 2.76. The summed E-state index contributed by atoms with van der Waals surface area (Å²) in [5.74, 6) is 0.835. The normalized spacial score (nSPS) is 12.8. The maximum atomic E-state index is 5.36. The second-order valence-electron chi connectivity index (χ2n) is 4.17. The monoisotopic (exact) mass is 259 g/mol. The van der Waals surface area contributed by atoms with E-state index in [2.05, 4.69) is 29.1 Å². The number of pyridine rings is 1. The zero-order valence-corrected chi connectivity index (χ0v) is 11.0. The summed E-state index contributed by atoms with van der Waals surface area (Å²) in [6.07, 6.45) is 5.31. The fourth-order valence-electron chi connectivity index (χ4n) is 1.85. The van der Waals surface area contributed by atoms with Crippen LogP contribution >= 0.6 is 11.3 Å². The lowest BCUT2D eigenvalue weighted by Gasteiger charge is -2.12. The van der Waals surface area contributed by atoms with Gasteiger partial charge in [0.2, 0.25) is 0 Å². The lowest BCUT2D eigenvalue weighted by Crippen LogP contribution is -2.07. The van der Waals surface area contributed by atoms with Crippen molar-refractivity contribution in [2.45, 2.75) is 19.9 Å². The molecule has 3 aromatic heterocycles. The fraction of sp³-hybridized carbons (Fsp3) is 0.231. The second-order valence-corrected chi connectivity index (χ2v) is 5.43. The molecule has 0 amide bonds. The van der Waals surface area contributed by atoms with Crippen molar-refractivity contribution in [1.82, 2.24) is 9.97 Å². The van der Waals surface area contributed by atoms with Crippen LogP contribution in [0.4, 0.5) is 5.82 Å². The Labute approximate surface area is 109 Å². The standard InChI is InChI=1S/C13H13N3OS/c1-8-7-15-13(18-8)9(2)16-12-10-4-6-17-11(10)3-5-14-12/h3-7,9H,1-2H3,(H,14,16). The Balaban J connectivity index is 1.90. The minimum Gasteiger partial charge on any atom is -0.464 e. The van der Waals surface area contributed by atoms with Crippen LogP contribution < -0.4 is 5.32 Å². The molecule has 18 heavy (non-hydrogen) atoms. The lowest BCUT2D eigenvalue weighted by atomic mass is 10.3. The molecule has 3 heterocycles. The molecule has 0 aliphatic carbocycles. The Morgan fingerprint density at radius 3 is 3.00 bits per heavy atom. The van der Waals surface area contributed by atoms with Crippen molar-refractivity contribution in [3.63, 3.8) is 0 Å². The number of thiazole rings is 1. The molecule has 0 spiro atoms. The minimum absolute atomic E-state index is 0.136. The number of aryl methyl sites for hydroxylation is 1. The summed E-state index contributed by atoms with van der Waals surface area (Å²) in [5.41, 5.74) is 0.843. The number of hydrogen-bond donors (Lipinski definition) is 1. The van der Waals surface area contributed by atoms with Gasteiger partial charge in [-0.1, -0.05) is 0 Å². The number of hydrogen-bond acceptors (Lipinski definition) is 5. The van der Waals surface area contributed by atoms with Crippen LogP contribution in [0.2, 0.25) is 0 Å². The van der Waals surface area contributed by atoms with Crippen LogP contribution in [-0.4, -0.2) is 9.97 Å². The van der Waals surface area contributed by atoms with E-state index in [1.54, 1.807) is 23.8 Å². The summed E-state index contributed by atoms with van der Waals surface area (Å²) in [7, 11) is 0. The molecule has 1 unspecified atom stereocenters. The molecule has 0 fully saturated rings. The van der Waals surface area contributed by atoms with Crippen molar-refractivity contribution in [3.05, 3.63) is 40.7 Å². The quantitative estimate of drug-likeness (QED) is 0.778. The van der Waals surface area contributed by atoms with Crippen molar-refractivity contribution in [3.8, 4) is 0 Å². The summed E-state index contributed by atoms with van der Waals surface area (Å²) < 4.78 is 5.36. The third-order valence-electron chi connectivity index (χ3n) is 2.74. The molecule has 0 bridgehead atoms. The highest BCUT2D eigenvalue weighted by molar-refractivity contribution is 7.11. The summed E-state index contributed by atoms with van der Waals surface area (Å²) in [6.45, 7) is 4.14. The second kappa shape index (κ2) is 4.42. The van der Waals surface area contributed by atoms with Gasteiger partial charge in [0.05, 0.1) is 17.7 Å². The number of aromatic nitrogens is 2. The van der Waals surface area contributed by atoms with E-state index in [0.29, 0.717) is 0 Å². The maximum absolute atomic E-state index is 5.36. The first-order valence-corrected chi connectivity index (χ1v) is 6.57. The van der Waals surface area contributed by atoms with Crippen LogP contribution in [0.3, 0.4) is 0 Å². The van der Waals surface area contributed by atoms with Crippen molar-refractivity contribution in [2.24, 2.45) is 0 Å². The zero-order chi connectivity index (χ0) is 12.5. The van der Waals surface area contributed by atoms with Gasteiger partial charge in [-0.2, -0.15) is 0 Å². The highest BCUT2D eigenvalue weighted by Crippen LogP contribution is 2.27. The highest BCUT2D eigenvalue weighted by atomic mass is 32.1. The van der Waals surface area contributed by atoms with Crippen LogP contribution in [0.1, 0.15) is 22.9 Å². The number of fused-ring (bicyclic) bond motifs is 1. The van der Waals surface area contributed by atoms with Crippen LogP contribution in [0.15, 0.2) is 35.2 Å². The fourth-order valence-corrected chi connectivity index (χ4v) is 2.63. The van der Waals surface area contributed by atoms with E-state index in [9.17, 15) is 0 Å². The summed E-state index contributed by atoms with van der Waals surface area (Å²) >= 11 is 1.70. The van der Waals surface area contributed by atoms with Gasteiger partial charge in [-0.25, -0.2) is 9.97 Å². The number of anilines is 1. The van der Waals surface area contributed by atoms with Crippen LogP contribution in [-0.2, 0) is 0 Å². The largest absolute Gasteiger partial charge is 0.464 e. The van der Waals surface area contributed by atoms with Crippen LogP contribution in [0, 0.1) is 6.92 Å². The average molecular weight is 259 g/mol. The summed E-state index contributed by atoms with van der Waals surface area (Å²) in [6, 6.07) is 3.92. The first-order valence-electron chi connectivity index (χ1n) is 5.75. The van der Waals surface area contributed by atoms with E-state index < -0.39 is 0 Å². The van der Waals surface area contributed by atoms with Gasteiger partial charge in [0.1, 0.15) is 16.4 Å². The van der Waals surface area contributed by atoms with Crippen molar-refractivity contribution >= 4 is 28.1 Å². The molecular weight excluding hydrogens is 246 g/mol. The van der Waals surface area contributed by atoms with E-state index in [0.717, 1.165) is 21.8 Å². The molecular formula is C13H13N3OS. The van der Waals surface area contributed by atoms with E-state index in [1.807, 2.05) is 18.3 Å². The van der Waals surface area contributed by atoms with Crippen molar-refractivity contribution < 1.29 is 4.42 Å². The number of nitrogens with one attached hydrogen (secondary N) is 1. The van der Waals surface area contributed by atoms with Gasteiger partial charge < -0.3 is 9.73 Å². The van der Waals surface area contributed by atoms with Crippen molar-refractivity contribution in [2.75, 3.05) is 5.32 Å². The lowest BCUT2D eigenvalue weighted by molar-refractivity contribution is 0.615. The molecule has 0 aliphatic heterocycles. The molecule has 92 valence electrons. The molecule has 3 rings (SSSR count).